The van der Waals surface area contributed by atoms with Crippen molar-refractivity contribution in [2.45, 2.75) is 38.2 Å². The zero-order valence-electron chi connectivity index (χ0n) is 13.0. The van der Waals surface area contributed by atoms with Crippen molar-refractivity contribution >= 4 is 0 Å². The molecule has 2 saturated heterocycles. The fourth-order valence-electron chi connectivity index (χ4n) is 4.50. The highest BCUT2D eigenvalue weighted by molar-refractivity contribution is 4.97. The Morgan fingerprint density at radius 2 is 1.80 bits per heavy atom. The van der Waals surface area contributed by atoms with Crippen molar-refractivity contribution in [2.75, 3.05) is 59.6 Å². The Hall–Kier alpha value is -0.160. The van der Waals surface area contributed by atoms with E-state index in [1.165, 1.54) is 58.3 Å². The third-order valence-corrected chi connectivity index (χ3v) is 5.63. The summed E-state index contributed by atoms with van der Waals surface area (Å²) in [6.45, 7) is 9.01. The number of nitrogens with zero attached hydrogens (tertiary/aromatic N) is 2. The summed E-state index contributed by atoms with van der Waals surface area (Å²) in [6, 6.07) is 0. The molecule has 4 heteroatoms. The number of rotatable bonds is 4. The first kappa shape index (κ1) is 14.8. The lowest BCUT2D eigenvalue weighted by Crippen LogP contribution is -2.50. The Morgan fingerprint density at radius 3 is 2.60 bits per heavy atom. The molecule has 3 aliphatic rings. The lowest BCUT2D eigenvalue weighted by molar-refractivity contribution is -0.0382. The summed E-state index contributed by atoms with van der Waals surface area (Å²) in [7, 11) is 1.91. The van der Waals surface area contributed by atoms with Crippen molar-refractivity contribution < 1.29 is 9.47 Å². The van der Waals surface area contributed by atoms with Gasteiger partial charge in [-0.15, -0.1) is 0 Å². The van der Waals surface area contributed by atoms with E-state index in [2.05, 4.69) is 9.80 Å². The minimum atomic E-state index is 0.470. The molecule has 2 atom stereocenters. The van der Waals surface area contributed by atoms with Crippen LogP contribution in [0, 0.1) is 5.41 Å². The standard InChI is InChI=1S/C16H30N2O2/c1-19-15-4-2-5-16(15)6-3-7-18(14-16)9-8-17-10-12-20-13-11-17/h15H,2-14H2,1H3/t15-,16+/m1/s1. The van der Waals surface area contributed by atoms with Crippen LogP contribution < -0.4 is 0 Å². The SMILES string of the molecule is CO[C@@H]1CCC[C@@]12CCCN(CCN1CCOCC1)C2. The van der Waals surface area contributed by atoms with E-state index in [1.807, 2.05) is 7.11 Å². The summed E-state index contributed by atoms with van der Waals surface area (Å²) in [5.74, 6) is 0. The molecule has 116 valence electrons. The Morgan fingerprint density at radius 1 is 1.05 bits per heavy atom. The summed E-state index contributed by atoms with van der Waals surface area (Å²) in [5.41, 5.74) is 0.470. The molecule has 0 bridgehead atoms. The van der Waals surface area contributed by atoms with Gasteiger partial charge in [-0.3, -0.25) is 4.90 Å². The number of likely N-dealkylation sites (tertiary alicyclic amines) is 1. The van der Waals surface area contributed by atoms with Crippen LogP contribution in [-0.2, 0) is 9.47 Å². The van der Waals surface area contributed by atoms with Crippen molar-refractivity contribution in [3.63, 3.8) is 0 Å². The Labute approximate surface area is 123 Å². The second-order valence-electron chi connectivity index (χ2n) is 6.81. The highest BCUT2D eigenvalue weighted by Gasteiger charge is 2.45. The van der Waals surface area contributed by atoms with Crippen molar-refractivity contribution in [3.8, 4) is 0 Å². The zero-order valence-corrected chi connectivity index (χ0v) is 13.0. The number of hydrogen-bond acceptors (Lipinski definition) is 4. The van der Waals surface area contributed by atoms with Crippen molar-refractivity contribution in [3.05, 3.63) is 0 Å². The first-order valence-electron chi connectivity index (χ1n) is 8.38. The predicted molar refractivity (Wildman–Crippen MR) is 80.0 cm³/mol. The van der Waals surface area contributed by atoms with Crippen LogP contribution in [0.1, 0.15) is 32.1 Å². The molecule has 0 amide bonds. The maximum absolute atomic E-state index is 5.79. The fourth-order valence-corrected chi connectivity index (χ4v) is 4.50. The molecule has 0 N–H and O–H groups in total. The maximum atomic E-state index is 5.79. The van der Waals surface area contributed by atoms with Crippen LogP contribution >= 0.6 is 0 Å². The number of hydrogen-bond donors (Lipinski definition) is 0. The van der Waals surface area contributed by atoms with Crippen LogP contribution in [0.2, 0.25) is 0 Å². The highest BCUT2D eigenvalue weighted by atomic mass is 16.5. The van der Waals surface area contributed by atoms with E-state index in [9.17, 15) is 0 Å². The van der Waals surface area contributed by atoms with Crippen LogP contribution in [-0.4, -0.2) is 75.5 Å². The molecule has 3 fully saturated rings. The Kier molecular flexibility index (Phi) is 4.97. The van der Waals surface area contributed by atoms with E-state index in [0.29, 0.717) is 11.5 Å². The molecule has 0 aromatic rings. The van der Waals surface area contributed by atoms with Gasteiger partial charge in [0.25, 0.3) is 0 Å². The van der Waals surface area contributed by atoms with Crippen LogP contribution in [0.4, 0.5) is 0 Å². The van der Waals surface area contributed by atoms with E-state index in [1.54, 1.807) is 0 Å². The lowest BCUT2D eigenvalue weighted by atomic mass is 9.76. The van der Waals surface area contributed by atoms with Crippen LogP contribution in [0.3, 0.4) is 0 Å². The predicted octanol–water partition coefficient (Wildman–Crippen LogP) is 1.60. The average Bonchev–Trinajstić information content (AvgIpc) is 2.88. The van der Waals surface area contributed by atoms with Crippen LogP contribution in [0.5, 0.6) is 0 Å². The molecule has 1 spiro atoms. The normalized spacial score (nSPS) is 36.8. The minimum absolute atomic E-state index is 0.470. The quantitative estimate of drug-likeness (QED) is 0.782. The molecule has 2 aliphatic heterocycles. The molecule has 0 aromatic heterocycles. The fraction of sp³-hybridized carbons (Fsp3) is 1.00. The van der Waals surface area contributed by atoms with Gasteiger partial charge in [0.1, 0.15) is 0 Å². The highest BCUT2D eigenvalue weighted by Crippen LogP contribution is 2.46. The summed E-state index contributed by atoms with van der Waals surface area (Å²) in [6.07, 6.45) is 7.24. The molecule has 0 unspecified atom stereocenters. The monoisotopic (exact) mass is 282 g/mol. The summed E-state index contributed by atoms with van der Waals surface area (Å²) >= 11 is 0. The molecule has 20 heavy (non-hydrogen) atoms. The van der Waals surface area contributed by atoms with Gasteiger partial charge in [-0.1, -0.05) is 6.42 Å². The molecule has 1 aliphatic carbocycles. The Balaban J connectivity index is 1.50. The zero-order chi connectivity index (χ0) is 13.8. The van der Waals surface area contributed by atoms with E-state index >= 15 is 0 Å². The van der Waals surface area contributed by atoms with Gasteiger partial charge in [-0.05, 0) is 32.2 Å². The lowest BCUT2D eigenvalue weighted by Gasteiger charge is -2.44. The number of methoxy groups -OCH3 is 1. The molecule has 3 rings (SSSR count). The molecule has 1 saturated carbocycles. The van der Waals surface area contributed by atoms with Gasteiger partial charge in [0.05, 0.1) is 19.3 Å². The summed E-state index contributed by atoms with van der Waals surface area (Å²) in [4.78, 5) is 5.24. The first-order valence-corrected chi connectivity index (χ1v) is 8.38. The van der Waals surface area contributed by atoms with Gasteiger partial charge < -0.3 is 14.4 Å². The van der Waals surface area contributed by atoms with Gasteiger partial charge in [0, 0.05) is 45.2 Å². The van der Waals surface area contributed by atoms with Crippen LogP contribution in [0.15, 0.2) is 0 Å². The van der Waals surface area contributed by atoms with E-state index in [-0.39, 0.29) is 0 Å². The summed E-state index contributed by atoms with van der Waals surface area (Å²) in [5, 5.41) is 0. The summed E-state index contributed by atoms with van der Waals surface area (Å²) < 4.78 is 11.2. The Bertz CT molecular complexity index is 307. The van der Waals surface area contributed by atoms with Crippen LogP contribution in [0.25, 0.3) is 0 Å². The van der Waals surface area contributed by atoms with Crippen molar-refractivity contribution in [1.82, 2.24) is 9.80 Å². The molecule has 0 aromatic carbocycles. The largest absolute Gasteiger partial charge is 0.381 e. The van der Waals surface area contributed by atoms with Crippen molar-refractivity contribution in [2.24, 2.45) is 5.41 Å². The molecular weight excluding hydrogens is 252 g/mol. The van der Waals surface area contributed by atoms with Gasteiger partial charge in [-0.25, -0.2) is 0 Å². The van der Waals surface area contributed by atoms with Gasteiger partial charge in [0.15, 0.2) is 0 Å². The van der Waals surface area contributed by atoms with Gasteiger partial charge >= 0.3 is 0 Å². The third-order valence-electron chi connectivity index (χ3n) is 5.63. The van der Waals surface area contributed by atoms with Gasteiger partial charge in [0.2, 0.25) is 0 Å². The number of ether oxygens (including phenoxy) is 2. The van der Waals surface area contributed by atoms with E-state index < -0.39 is 0 Å². The van der Waals surface area contributed by atoms with E-state index in [0.717, 1.165) is 26.3 Å². The van der Waals surface area contributed by atoms with Crippen molar-refractivity contribution in [1.29, 1.82) is 0 Å². The minimum Gasteiger partial charge on any atom is -0.381 e. The maximum Gasteiger partial charge on any atom is 0.0639 e. The molecule has 0 radical (unpaired) electrons. The number of morpholine rings is 1. The molecular formula is C16H30N2O2. The smallest absolute Gasteiger partial charge is 0.0639 e. The third kappa shape index (κ3) is 3.19. The topological polar surface area (TPSA) is 24.9 Å². The molecule has 2 heterocycles. The van der Waals surface area contributed by atoms with Gasteiger partial charge in [-0.2, -0.15) is 0 Å². The first-order chi connectivity index (χ1) is 9.82. The molecule has 4 nitrogen and oxygen atoms in total. The average molecular weight is 282 g/mol. The van der Waals surface area contributed by atoms with E-state index in [4.69, 9.17) is 9.47 Å². The number of piperidine rings is 1. The second kappa shape index (κ2) is 6.73. The second-order valence-corrected chi connectivity index (χ2v) is 6.81.